The Labute approximate surface area is 98.9 Å². The molecular formula is C12H13N3O2. The lowest BCUT2D eigenvalue weighted by Crippen LogP contribution is -1.98. The molecule has 0 N–H and O–H groups in total. The maximum absolute atomic E-state index is 10.7. The molecule has 0 spiro atoms. The number of benzene rings is 1. The lowest BCUT2D eigenvalue weighted by atomic mass is 10.1. The van der Waals surface area contributed by atoms with E-state index in [4.69, 9.17) is 0 Å². The van der Waals surface area contributed by atoms with Crippen molar-refractivity contribution in [1.82, 2.24) is 9.55 Å². The van der Waals surface area contributed by atoms with Gasteiger partial charge in [0, 0.05) is 31.2 Å². The fraction of sp³-hybridized carbons (Fsp3) is 0.250. The van der Waals surface area contributed by atoms with E-state index in [1.807, 2.05) is 24.6 Å². The molecule has 0 saturated carbocycles. The molecule has 0 atom stereocenters. The van der Waals surface area contributed by atoms with E-state index < -0.39 is 0 Å². The highest BCUT2D eigenvalue weighted by atomic mass is 16.6. The maximum Gasteiger partial charge on any atom is 0.270 e. The molecule has 0 aliphatic heterocycles. The average Bonchev–Trinajstić information content (AvgIpc) is 2.70. The topological polar surface area (TPSA) is 61.0 Å². The number of rotatable bonds is 3. The molecule has 0 bridgehead atoms. The fourth-order valence-corrected chi connectivity index (χ4v) is 1.82. The SMILES string of the molecule is CCc1ncc(-c2cccc([N+](=O)[O-])c2)n1C. The van der Waals surface area contributed by atoms with Gasteiger partial charge in [-0.05, 0) is 0 Å². The summed E-state index contributed by atoms with van der Waals surface area (Å²) < 4.78 is 1.96. The quantitative estimate of drug-likeness (QED) is 0.602. The third-order valence-corrected chi connectivity index (χ3v) is 2.75. The molecule has 0 aliphatic carbocycles. The molecule has 1 aromatic carbocycles. The Bertz CT molecular complexity index is 561. The monoisotopic (exact) mass is 231 g/mol. The Morgan fingerprint density at radius 1 is 1.47 bits per heavy atom. The third kappa shape index (κ3) is 2.04. The van der Waals surface area contributed by atoms with Crippen LogP contribution >= 0.6 is 0 Å². The molecule has 17 heavy (non-hydrogen) atoms. The first kappa shape index (κ1) is 11.3. The number of aryl methyl sites for hydroxylation is 1. The van der Waals surface area contributed by atoms with Gasteiger partial charge in [0.25, 0.3) is 5.69 Å². The standard InChI is InChI=1S/C12H13N3O2/c1-3-12-13-8-11(14(12)2)9-5-4-6-10(7-9)15(16)17/h4-8H,3H2,1-2H3. The summed E-state index contributed by atoms with van der Waals surface area (Å²) in [7, 11) is 1.92. The van der Waals surface area contributed by atoms with Crippen molar-refractivity contribution in [3.05, 3.63) is 46.4 Å². The molecule has 1 aromatic heterocycles. The number of nitrogens with zero attached hydrogens (tertiary/aromatic N) is 3. The Balaban J connectivity index is 2.49. The summed E-state index contributed by atoms with van der Waals surface area (Å²) in [5.41, 5.74) is 1.81. The molecule has 5 heteroatoms. The summed E-state index contributed by atoms with van der Waals surface area (Å²) in [6.07, 6.45) is 2.59. The minimum atomic E-state index is -0.388. The van der Waals surface area contributed by atoms with Gasteiger partial charge in [0.2, 0.25) is 0 Å². The van der Waals surface area contributed by atoms with Crippen LogP contribution in [0.5, 0.6) is 0 Å². The maximum atomic E-state index is 10.7. The zero-order valence-electron chi connectivity index (χ0n) is 9.75. The number of hydrogen-bond donors (Lipinski definition) is 0. The van der Waals surface area contributed by atoms with Crippen molar-refractivity contribution >= 4 is 5.69 Å². The molecular weight excluding hydrogens is 218 g/mol. The van der Waals surface area contributed by atoms with Crippen LogP contribution in [0.3, 0.4) is 0 Å². The first-order valence-electron chi connectivity index (χ1n) is 5.39. The van der Waals surface area contributed by atoms with Crippen molar-refractivity contribution in [3.63, 3.8) is 0 Å². The first-order chi connectivity index (χ1) is 8.13. The summed E-state index contributed by atoms with van der Waals surface area (Å²) in [6.45, 7) is 2.03. The Morgan fingerprint density at radius 3 is 2.82 bits per heavy atom. The molecule has 0 aliphatic rings. The molecule has 5 nitrogen and oxygen atoms in total. The predicted molar refractivity (Wildman–Crippen MR) is 64.7 cm³/mol. The molecule has 0 saturated heterocycles. The number of nitro benzene ring substituents is 1. The van der Waals surface area contributed by atoms with Crippen LogP contribution in [-0.2, 0) is 13.5 Å². The second-order valence-electron chi connectivity index (χ2n) is 3.78. The van der Waals surface area contributed by atoms with Crippen molar-refractivity contribution < 1.29 is 4.92 Å². The van der Waals surface area contributed by atoms with Crippen LogP contribution in [0.25, 0.3) is 11.3 Å². The highest BCUT2D eigenvalue weighted by Gasteiger charge is 2.11. The Morgan fingerprint density at radius 2 is 2.24 bits per heavy atom. The normalized spacial score (nSPS) is 10.5. The van der Waals surface area contributed by atoms with Crippen LogP contribution in [0.1, 0.15) is 12.7 Å². The van der Waals surface area contributed by atoms with Gasteiger partial charge < -0.3 is 4.57 Å². The minimum absolute atomic E-state index is 0.0988. The fourth-order valence-electron chi connectivity index (χ4n) is 1.82. The first-order valence-corrected chi connectivity index (χ1v) is 5.39. The van der Waals surface area contributed by atoms with Gasteiger partial charge in [0.1, 0.15) is 5.82 Å². The second kappa shape index (κ2) is 4.37. The van der Waals surface area contributed by atoms with E-state index in [2.05, 4.69) is 4.98 Å². The predicted octanol–water partition coefficient (Wildman–Crippen LogP) is 2.56. The minimum Gasteiger partial charge on any atom is -0.331 e. The van der Waals surface area contributed by atoms with Gasteiger partial charge >= 0.3 is 0 Å². The van der Waals surface area contributed by atoms with E-state index in [9.17, 15) is 10.1 Å². The number of non-ortho nitro benzene ring substituents is 1. The van der Waals surface area contributed by atoms with E-state index in [1.54, 1.807) is 18.3 Å². The van der Waals surface area contributed by atoms with Crippen molar-refractivity contribution in [2.75, 3.05) is 0 Å². The van der Waals surface area contributed by atoms with Crippen LogP contribution in [0.4, 0.5) is 5.69 Å². The van der Waals surface area contributed by atoms with Crippen molar-refractivity contribution in [2.24, 2.45) is 7.05 Å². The number of hydrogen-bond acceptors (Lipinski definition) is 3. The lowest BCUT2D eigenvalue weighted by molar-refractivity contribution is -0.384. The molecule has 88 valence electrons. The molecule has 0 fully saturated rings. The number of aromatic nitrogens is 2. The van der Waals surface area contributed by atoms with E-state index in [-0.39, 0.29) is 10.6 Å². The molecule has 1 heterocycles. The van der Waals surface area contributed by atoms with Gasteiger partial charge in [0.15, 0.2) is 0 Å². The molecule has 0 radical (unpaired) electrons. The van der Waals surface area contributed by atoms with Crippen molar-refractivity contribution in [3.8, 4) is 11.3 Å². The summed E-state index contributed by atoms with van der Waals surface area (Å²) in [6, 6.07) is 6.59. The molecule has 0 amide bonds. The smallest absolute Gasteiger partial charge is 0.270 e. The highest BCUT2D eigenvalue weighted by molar-refractivity contribution is 5.62. The van der Waals surface area contributed by atoms with Crippen LogP contribution in [0.2, 0.25) is 0 Å². The van der Waals surface area contributed by atoms with Crippen molar-refractivity contribution in [2.45, 2.75) is 13.3 Å². The van der Waals surface area contributed by atoms with E-state index >= 15 is 0 Å². The van der Waals surface area contributed by atoms with Crippen LogP contribution in [-0.4, -0.2) is 14.5 Å². The molecule has 2 aromatic rings. The van der Waals surface area contributed by atoms with Crippen LogP contribution in [0, 0.1) is 10.1 Å². The summed E-state index contributed by atoms with van der Waals surface area (Å²) in [4.78, 5) is 14.6. The zero-order chi connectivity index (χ0) is 12.4. The zero-order valence-corrected chi connectivity index (χ0v) is 9.75. The van der Waals surface area contributed by atoms with Crippen molar-refractivity contribution in [1.29, 1.82) is 0 Å². The Hall–Kier alpha value is -2.17. The molecule has 2 rings (SSSR count). The van der Waals surface area contributed by atoms with Gasteiger partial charge in [0.05, 0.1) is 16.8 Å². The van der Waals surface area contributed by atoms with E-state index in [0.29, 0.717) is 0 Å². The Kier molecular flexibility index (Phi) is 2.91. The summed E-state index contributed by atoms with van der Waals surface area (Å²) in [5, 5.41) is 10.7. The van der Waals surface area contributed by atoms with Gasteiger partial charge in [-0.15, -0.1) is 0 Å². The highest BCUT2D eigenvalue weighted by Crippen LogP contribution is 2.24. The summed E-state index contributed by atoms with van der Waals surface area (Å²) >= 11 is 0. The van der Waals surface area contributed by atoms with Crippen LogP contribution in [0.15, 0.2) is 30.5 Å². The molecule has 0 unspecified atom stereocenters. The largest absolute Gasteiger partial charge is 0.331 e. The number of nitro groups is 1. The lowest BCUT2D eigenvalue weighted by Gasteiger charge is -2.04. The second-order valence-corrected chi connectivity index (χ2v) is 3.78. The van der Waals surface area contributed by atoms with E-state index in [1.165, 1.54) is 6.07 Å². The van der Waals surface area contributed by atoms with E-state index in [0.717, 1.165) is 23.5 Å². The van der Waals surface area contributed by atoms with Gasteiger partial charge in [-0.3, -0.25) is 10.1 Å². The number of imidazole rings is 1. The van der Waals surface area contributed by atoms with Crippen LogP contribution < -0.4 is 0 Å². The van der Waals surface area contributed by atoms with Gasteiger partial charge in [-0.1, -0.05) is 19.1 Å². The summed E-state index contributed by atoms with van der Waals surface area (Å²) in [5.74, 6) is 0.964. The van der Waals surface area contributed by atoms with Gasteiger partial charge in [-0.25, -0.2) is 4.98 Å². The average molecular weight is 231 g/mol. The van der Waals surface area contributed by atoms with Gasteiger partial charge in [-0.2, -0.15) is 0 Å². The third-order valence-electron chi connectivity index (χ3n) is 2.75.